The van der Waals surface area contributed by atoms with E-state index >= 15 is 0 Å². The van der Waals surface area contributed by atoms with E-state index in [2.05, 4.69) is 30.1 Å². The predicted molar refractivity (Wildman–Crippen MR) is 81.8 cm³/mol. The highest BCUT2D eigenvalue weighted by molar-refractivity contribution is 5.97. The zero-order chi connectivity index (χ0) is 14.5. The molecule has 1 aromatic rings. The van der Waals surface area contributed by atoms with Crippen LogP contribution in [0.3, 0.4) is 0 Å². The molecule has 2 atom stereocenters. The first-order chi connectivity index (χ1) is 9.61. The van der Waals surface area contributed by atoms with Gasteiger partial charge in [0.1, 0.15) is 0 Å². The Morgan fingerprint density at radius 3 is 2.85 bits per heavy atom. The Labute approximate surface area is 121 Å². The van der Waals surface area contributed by atoms with Gasteiger partial charge in [0.25, 0.3) is 0 Å². The average Bonchev–Trinajstić information content (AvgIpc) is 2.47. The molecule has 2 unspecified atom stereocenters. The minimum Gasteiger partial charge on any atom is -0.409 e. The van der Waals surface area contributed by atoms with E-state index in [-0.39, 0.29) is 5.84 Å². The molecule has 0 heterocycles. The molecule has 1 aliphatic carbocycles. The molecule has 4 heteroatoms. The van der Waals surface area contributed by atoms with E-state index < -0.39 is 0 Å². The molecule has 1 saturated carbocycles. The third-order valence-corrected chi connectivity index (χ3v) is 4.39. The van der Waals surface area contributed by atoms with Crippen molar-refractivity contribution in [3.05, 3.63) is 35.4 Å². The Morgan fingerprint density at radius 1 is 1.40 bits per heavy atom. The van der Waals surface area contributed by atoms with E-state index in [1.165, 1.54) is 31.2 Å². The highest BCUT2D eigenvalue weighted by atomic mass is 16.4. The maximum absolute atomic E-state index is 8.75. The normalized spacial score (nSPS) is 24.1. The van der Waals surface area contributed by atoms with Gasteiger partial charge in [-0.3, -0.25) is 4.90 Å². The molecule has 2 rings (SSSR count). The number of nitrogens with two attached hydrogens (primary N) is 1. The SMILES string of the molecule is CC1CCCCC1N(C)Cc1cccc(C(N)=NO)c1. The summed E-state index contributed by atoms with van der Waals surface area (Å²) in [7, 11) is 2.20. The summed E-state index contributed by atoms with van der Waals surface area (Å²) in [6, 6.07) is 8.58. The Kier molecular flexibility index (Phi) is 5.01. The summed E-state index contributed by atoms with van der Waals surface area (Å²) in [4.78, 5) is 2.44. The van der Waals surface area contributed by atoms with Crippen LogP contribution >= 0.6 is 0 Å². The van der Waals surface area contributed by atoms with Gasteiger partial charge in [0.2, 0.25) is 0 Å². The van der Waals surface area contributed by atoms with Crippen LogP contribution in [0.25, 0.3) is 0 Å². The van der Waals surface area contributed by atoms with E-state index in [0.29, 0.717) is 6.04 Å². The van der Waals surface area contributed by atoms with E-state index in [4.69, 9.17) is 10.9 Å². The van der Waals surface area contributed by atoms with Gasteiger partial charge in [0.05, 0.1) is 0 Å². The Hall–Kier alpha value is -1.55. The maximum atomic E-state index is 8.75. The summed E-state index contributed by atoms with van der Waals surface area (Å²) in [6.07, 6.45) is 5.32. The van der Waals surface area contributed by atoms with Crippen LogP contribution in [0.15, 0.2) is 29.4 Å². The topological polar surface area (TPSA) is 61.8 Å². The number of oxime groups is 1. The summed E-state index contributed by atoms with van der Waals surface area (Å²) in [5, 5.41) is 11.8. The number of amidine groups is 1. The van der Waals surface area contributed by atoms with Crippen LogP contribution in [0.5, 0.6) is 0 Å². The summed E-state index contributed by atoms with van der Waals surface area (Å²) >= 11 is 0. The van der Waals surface area contributed by atoms with Gasteiger partial charge in [-0.15, -0.1) is 0 Å². The molecule has 1 fully saturated rings. The molecule has 3 N–H and O–H groups in total. The zero-order valence-electron chi connectivity index (χ0n) is 12.4. The zero-order valence-corrected chi connectivity index (χ0v) is 12.4. The maximum Gasteiger partial charge on any atom is 0.170 e. The third kappa shape index (κ3) is 3.51. The lowest BCUT2D eigenvalue weighted by atomic mass is 9.85. The van der Waals surface area contributed by atoms with Gasteiger partial charge in [-0.2, -0.15) is 0 Å². The van der Waals surface area contributed by atoms with Crippen LogP contribution in [0.1, 0.15) is 43.7 Å². The summed E-state index contributed by atoms with van der Waals surface area (Å²) in [6.45, 7) is 3.26. The third-order valence-electron chi connectivity index (χ3n) is 4.39. The standard InChI is InChI=1S/C16H25N3O/c1-12-6-3-4-9-15(12)19(2)11-13-7-5-8-14(10-13)16(17)18-20/h5,7-8,10,12,15,20H,3-4,6,9,11H2,1-2H3,(H2,17,18). The van der Waals surface area contributed by atoms with Crippen LogP contribution in [0.4, 0.5) is 0 Å². The molecule has 0 aliphatic heterocycles. The first-order valence-corrected chi connectivity index (χ1v) is 7.39. The van der Waals surface area contributed by atoms with Crippen LogP contribution in [0, 0.1) is 5.92 Å². The van der Waals surface area contributed by atoms with E-state index in [0.717, 1.165) is 18.0 Å². The van der Waals surface area contributed by atoms with Crippen molar-refractivity contribution in [2.45, 2.75) is 45.2 Å². The first-order valence-electron chi connectivity index (χ1n) is 7.39. The molecule has 20 heavy (non-hydrogen) atoms. The largest absolute Gasteiger partial charge is 0.409 e. The van der Waals surface area contributed by atoms with Crippen molar-refractivity contribution in [1.82, 2.24) is 4.90 Å². The van der Waals surface area contributed by atoms with Crippen molar-refractivity contribution in [2.75, 3.05) is 7.05 Å². The molecule has 0 aromatic heterocycles. The highest BCUT2D eigenvalue weighted by Gasteiger charge is 2.24. The fourth-order valence-electron chi connectivity index (χ4n) is 3.24. The summed E-state index contributed by atoms with van der Waals surface area (Å²) in [5.41, 5.74) is 7.62. The van der Waals surface area contributed by atoms with E-state index in [1.807, 2.05) is 18.2 Å². The minimum atomic E-state index is 0.167. The molecule has 0 spiro atoms. The van der Waals surface area contributed by atoms with Crippen LogP contribution in [-0.2, 0) is 6.54 Å². The summed E-state index contributed by atoms with van der Waals surface area (Å²) in [5.74, 6) is 0.932. The molecule has 0 saturated heterocycles. The number of hydrogen-bond donors (Lipinski definition) is 2. The number of hydrogen-bond acceptors (Lipinski definition) is 3. The van der Waals surface area contributed by atoms with Crippen LogP contribution in [-0.4, -0.2) is 29.0 Å². The monoisotopic (exact) mass is 275 g/mol. The fraction of sp³-hybridized carbons (Fsp3) is 0.562. The molecule has 0 bridgehead atoms. The lowest BCUT2D eigenvalue weighted by Crippen LogP contribution is -2.38. The number of rotatable bonds is 4. The van der Waals surface area contributed by atoms with Gasteiger partial charge >= 0.3 is 0 Å². The summed E-state index contributed by atoms with van der Waals surface area (Å²) < 4.78 is 0. The van der Waals surface area contributed by atoms with Crippen molar-refractivity contribution in [3.8, 4) is 0 Å². The van der Waals surface area contributed by atoms with Crippen molar-refractivity contribution in [1.29, 1.82) is 0 Å². The van der Waals surface area contributed by atoms with Gasteiger partial charge in [0.15, 0.2) is 5.84 Å². The van der Waals surface area contributed by atoms with Crippen molar-refractivity contribution < 1.29 is 5.21 Å². The number of nitrogens with zero attached hydrogens (tertiary/aromatic N) is 2. The van der Waals surface area contributed by atoms with Crippen LogP contribution < -0.4 is 5.73 Å². The Bertz CT molecular complexity index is 473. The van der Waals surface area contributed by atoms with Gasteiger partial charge in [-0.05, 0) is 37.4 Å². The quantitative estimate of drug-likeness (QED) is 0.384. The molecule has 1 aliphatic rings. The van der Waals surface area contributed by atoms with Crippen molar-refractivity contribution in [3.63, 3.8) is 0 Å². The van der Waals surface area contributed by atoms with E-state index in [9.17, 15) is 0 Å². The highest BCUT2D eigenvalue weighted by Crippen LogP contribution is 2.28. The van der Waals surface area contributed by atoms with Gasteiger partial charge in [-0.1, -0.05) is 43.1 Å². The van der Waals surface area contributed by atoms with Gasteiger partial charge < -0.3 is 10.9 Å². The molecular weight excluding hydrogens is 250 g/mol. The second kappa shape index (κ2) is 6.75. The van der Waals surface area contributed by atoms with Crippen LogP contribution in [0.2, 0.25) is 0 Å². The predicted octanol–water partition coefficient (Wildman–Crippen LogP) is 2.79. The lowest BCUT2D eigenvalue weighted by Gasteiger charge is -2.36. The second-order valence-corrected chi connectivity index (χ2v) is 5.93. The molecule has 110 valence electrons. The first kappa shape index (κ1) is 14.9. The molecule has 4 nitrogen and oxygen atoms in total. The average molecular weight is 275 g/mol. The van der Waals surface area contributed by atoms with Gasteiger partial charge in [-0.25, -0.2) is 0 Å². The minimum absolute atomic E-state index is 0.167. The fourth-order valence-corrected chi connectivity index (χ4v) is 3.24. The van der Waals surface area contributed by atoms with Crippen molar-refractivity contribution in [2.24, 2.45) is 16.8 Å². The Balaban J connectivity index is 2.05. The van der Waals surface area contributed by atoms with Gasteiger partial charge in [0, 0.05) is 18.2 Å². The Morgan fingerprint density at radius 2 is 2.15 bits per heavy atom. The number of benzene rings is 1. The molecule has 0 radical (unpaired) electrons. The second-order valence-electron chi connectivity index (χ2n) is 5.93. The lowest BCUT2D eigenvalue weighted by molar-refractivity contribution is 0.133. The molecule has 0 amide bonds. The van der Waals surface area contributed by atoms with Crippen molar-refractivity contribution >= 4 is 5.84 Å². The molecule has 1 aromatic carbocycles. The van der Waals surface area contributed by atoms with E-state index in [1.54, 1.807) is 0 Å². The smallest absolute Gasteiger partial charge is 0.170 e. The molecular formula is C16H25N3O.